The maximum atomic E-state index is 13.1. The largest absolute Gasteiger partial charge is 0.315 e. The molecule has 2 aliphatic heterocycles. The Kier molecular flexibility index (Phi) is 3.76. The molecule has 2 atom stereocenters. The summed E-state index contributed by atoms with van der Waals surface area (Å²) in [7, 11) is 0. The number of piperidine rings is 1. The molecule has 0 amide bonds. The van der Waals surface area contributed by atoms with Crippen molar-refractivity contribution in [1.29, 1.82) is 0 Å². The molecule has 2 aliphatic rings. The highest BCUT2D eigenvalue weighted by molar-refractivity contribution is 4.81. The van der Waals surface area contributed by atoms with E-state index in [-0.39, 0.29) is 0 Å². The average molecular weight is 200 g/mol. The fraction of sp³-hybridized carbons (Fsp3) is 1.00. The molecule has 1 N–H and O–H groups in total. The van der Waals surface area contributed by atoms with Crippen LogP contribution in [-0.2, 0) is 0 Å². The second kappa shape index (κ2) is 5.08. The van der Waals surface area contributed by atoms with Crippen LogP contribution in [-0.4, -0.2) is 43.3 Å². The topological polar surface area (TPSA) is 15.3 Å². The molecular weight excluding hydrogens is 179 g/mol. The Morgan fingerprint density at radius 2 is 2.00 bits per heavy atom. The summed E-state index contributed by atoms with van der Waals surface area (Å²) < 4.78 is 13.1. The molecular formula is C11H21FN2. The second-order valence-electron chi connectivity index (χ2n) is 4.56. The third-order valence-electron chi connectivity index (χ3n) is 3.48. The van der Waals surface area contributed by atoms with E-state index in [1.807, 2.05) is 0 Å². The highest BCUT2D eigenvalue weighted by atomic mass is 19.1. The van der Waals surface area contributed by atoms with Crippen LogP contribution in [0, 0.1) is 0 Å². The van der Waals surface area contributed by atoms with E-state index in [0.29, 0.717) is 6.04 Å². The molecule has 2 saturated heterocycles. The lowest BCUT2D eigenvalue weighted by molar-refractivity contribution is 0.167. The molecule has 2 unspecified atom stereocenters. The number of rotatable bonds is 1. The smallest absolute Gasteiger partial charge is 0.101 e. The number of hydrogen-bond acceptors (Lipinski definition) is 2. The van der Waals surface area contributed by atoms with Crippen molar-refractivity contribution in [2.45, 2.75) is 44.3 Å². The van der Waals surface area contributed by atoms with Crippen LogP contribution in [0.15, 0.2) is 0 Å². The van der Waals surface area contributed by atoms with Gasteiger partial charge in [0.15, 0.2) is 0 Å². The van der Waals surface area contributed by atoms with Gasteiger partial charge in [0.2, 0.25) is 0 Å². The molecule has 0 saturated carbocycles. The van der Waals surface area contributed by atoms with Gasteiger partial charge in [0, 0.05) is 19.1 Å². The molecule has 0 bridgehead atoms. The number of halogens is 1. The summed E-state index contributed by atoms with van der Waals surface area (Å²) in [6.45, 7) is 4.34. The van der Waals surface area contributed by atoms with Crippen LogP contribution in [0.4, 0.5) is 4.39 Å². The summed E-state index contributed by atoms with van der Waals surface area (Å²) in [5.41, 5.74) is 0. The van der Waals surface area contributed by atoms with Crippen molar-refractivity contribution in [1.82, 2.24) is 10.2 Å². The number of likely N-dealkylation sites (tertiary alicyclic amines) is 1. The lowest BCUT2D eigenvalue weighted by Gasteiger charge is -2.33. The maximum Gasteiger partial charge on any atom is 0.101 e. The summed E-state index contributed by atoms with van der Waals surface area (Å²) in [6.07, 6.45) is 4.59. The van der Waals surface area contributed by atoms with Crippen molar-refractivity contribution >= 4 is 0 Å². The molecule has 0 aliphatic carbocycles. The molecule has 2 nitrogen and oxygen atoms in total. The first kappa shape index (κ1) is 10.4. The monoisotopic (exact) mass is 200 g/mol. The van der Waals surface area contributed by atoms with Gasteiger partial charge in [-0.3, -0.25) is 4.90 Å². The number of hydrogen-bond donors (Lipinski definition) is 1. The van der Waals surface area contributed by atoms with Gasteiger partial charge in [-0.05, 0) is 45.2 Å². The second-order valence-corrected chi connectivity index (χ2v) is 4.56. The van der Waals surface area contributed by atoms with Crippen LogP contribution < -0.4 is 5.32 Å². The fourth-order valence-corrected chi connectivity index (χ4v) is 2.59. The summed E-state index contributed by atoms with van der Waals surface area (Å²) in [5, 5.41) is 3.43. The number of nitrogens with zero attached hydrogens (tertiary/aromatic N) is 1. The molecule has 82 valence electrons. The van der Waals surface area contributed by atoms with E-state index in [1.54, 1.807) is 0 Å². The van der Waals surface area contributed by atoms with Crippen molar-refractivity contribution in [3.63, 3.8) is 0 Å². The standard InChI is InChI=1S/C11H21FN2/c12-10-3-2-7-14(8-5-10)11-4-1-6-13-9-11/h10-11,13H,1-9H2. The molecule has 0 spiro atoms. The van der Waals surface area contributed by atoms with Crippen LogP contribution in [0.5, 0.6) is 0 Å². The SMILES string of the molecule is FC1CCCN(C2CCCNC2)CC1. The van der Waals surface area contributed by atoms with Crippen LogP contribution in [0.25, 0.3) is 0 Å². The molecule has 0 aromatic rings. The first-order chi connectivity index (χ1) is 6.86. The lowest BCUT2D eigenvalue weighted by Crippen LogP contribution is -2.46. The predicted molar refractivity (Wildman–Crippen MR) is 56.2 cm³/mol. The predicted octanol–water partition coefficient (Wildman–Crippen LogP) is 1.56. The van der Waals surface area contributed by atoms with Crippen molar-refractivity contribution in [3.8, 4) is 0 Å². The Morgan fingerprint density at radius 3 is 2.79 bits per heavy atom. The number of alkyl halides is 1. The minimum absolute atomic E-state index is 0.545. The van der Waals surface area contributed by atoms with Gasteiger partial charge in [0.1, 0.15) is 6.17 Å². The Bertz CT molecular complexity index is 169. The minimum Gasteiger partial charge on any atom is -0.315 e. The Hall–Kier alpha value is -0.150. The zero-order valence-corrected chi connectivity index (χ0v) is 8.84. The van der Waals surface area contributed by atoms with Gasteiger partial charge in [0.05, 0.1) is 0 Å². The summed E-state index contributed by atoms with van der Waals surface area (Å²) in [4.78, 5) is 2.49. The van der Waals surface area contributed by atoms with Crippen LogP contribution in [0.1, 0.15) is 32.1 Å². The normalized spacial score (nSPS) is 36.6. The van der Waals surface area contributed by atoms with Crippen molar-refractivity contribution < 1.29 is 4.39 Å². The fourth-order valence-electron chi connectivity index (χ4n) is 2.59. The van der Waals surface area contributed by atoms with E-state index >= 15 is 0 Å². The van der Waals surface area contributed by atoms with Gasteiger partial charge in [-0.25, -0.2) is 4.39 Å². The molecule has 2 heterocycles. The molecule has 14 heavy (non-hydrogen) atoms. The van der Waals surface area contributed by atoms with Crippen LogP contribution in [0.3, 0.4) is 0 Å². The van der Waals surface area contributed by atoms with Crippen molar-refractivity contribution in [2.24, 2.45) is 0 Å². The molecule has 2 rings (SSSR count). The summed E-state index contributed by atoms with van der Waals surface area (Å²) in [5.74, 6) is 0. The van der Waals surface area contributed by atoms with Crippen LogP contribution >= 0.6 is 0 Å². The first-order valence-electron chi connectivity index (χ1n) is 5.95. The Labute approximate surface area is 85.9 Å². The molecule has 3 heteroatoms. The van der Waals surface area contributed by atoms with Gasteiger partial charge in [-0.15, -0.1) is 0 Å². The van der Waals surface area contributed by atoms with E-state index in [0.717, 1.165) is 45.4 Å². The third kappa shape index (κ3) is 2.67. The van der Waals surface area contributed by atoms with E-state index in [2.05, 4.69) is 10.2 Å². The molecule has 0 radical (unpaired) electrons. The van der Waals surface area contributed by atoms with E-state index in [4.69, 9.17) is 0 Å². The molecule has 2 fully saturated rings. The van der Waals surface area contributed by atoms with Gasteiger partial charge >= 0.3 is 0 Å². The Balaban J connectivity index is 1.83. The Morgan fingerprint density at radius 1 is 1.07 bits per heavy atom. The van der Waals surface area contributed by atoms with Gasteiger partial charge in [0.25, 0.3) is 0 Å². The zero-order valence-electron chi connectivity index (χ0n) is 8.84. The summed E-state index contributed by atoms with van der Waals surface area (Å²) >= 11 is 0. The van der Waals surface area contributed by atoms with Gasteiger partial charge < -0.3 is 5.32 Å². The van der Waals surface area contributed by atoms with Gasteiger partial charge in [-0.1, -0.05) is 0 Å². The summed E-state index contributed by atoms with van der Waals surface area (Å²) in [6, 6.07) is 0.675. The van der Waals surface area contributed by atoms with E-state index < -0.39 is 6.17 Å². The lowest BCUT2D eigenvalue weighted by atomic mass is 10.1. The quantitative estimate of drug-likeness (QED) is 0.691. The third-order valence-corrected chi connectivity index (χ3v) is 3.48. The molecule has 0 aromatic heterocycles. The van der Waals surface area contributed by atoms with Gasteiger partial charge in [-0.2, -0.15) is 0 Å². The minimum atomic E-state index is -0.545. The van der Waals surface area contributed by atoms with E-state index in [1.165, 1.54) is 12.8 Å². The first-order valence-corrected chi connectivity index (χ1v) is 5.95. The number of nitrogens with one attached hydrogen (secondary N) is 1. The zero-order chi connectivity index (χ0) is 9.80. The highest BCUT2D eigenvalue weighted by Gasteiger charge is 2.23. The maximum absolute atomic E-state index is 13.1. The van der Waals surface area contributed by atoms with Crippen molar-refractivity contribution in [2.75, 3.05) is 26.2 Å². The van der Waals surface area contributed by atoms with Crippen molar-refractivity contribution in [3.05, 3.63) is 0 Å². The van der Waals surface area contributed by atoms with Crippen LogP contribution in [0.2, 0.25) is 0 Å². The molecule has 0 aromatic carbocycles. The highest BCUT2D eigenvalue weighted by Crippen LogP contribution is 2.18. The van der Waals surface area contributed by atoms with E-state index in [9.17, 15) is 4.39 Å². The average Bonchev–Trinajstić information content (AvgIpc) is 2.44.